The summed E-state index contributed by atoms with van der Waals surface area (Å²) in [6.45, 7) is 7.19. The highest BCUT2D eigenvalue weighted by atomic mass is 32.2. The van der Waals surface area contributed by atoms with Crippen molar-refractivity contribution in [2.45, 2.75) is 18.7 Å². The number of hydrogen-bond donors (Lipinski definition) is 1. The minimum absolute atomic E-state index is 0.153. The van der Waals surface area contributed by atoms with Crippen molar-refractivity contribution in [3.63, 3.8) is 0 Å². The first-order valence-electron chi connectivity index (χ1n) is 8.48. The van der Waals surface area contributed by atoms with E-state index in [1.165, 1.54) is 19.2 Å². The van der Waals surface area contributed by atoms with Crippen LogP contribution in [0.4, 0.5) is 0 Å². The molecule has 2 rings (SSSR count). The third-order valence-corrected chi connectivity index (χ3v) is 5.76. The van der Waals surface area contributed by atoms with E-state index in [-0.39, 0.29) is 17.3 Å². The monoisotopic (exact) mass is 369 g/mol. The van der Waals surface area contributed by atoms with E-state index in [1.807, 2.05) is 13.8 Å². The molecule has 0 unspecified atom stereocenters. The highest BCUT2D eigenvalue weighted by Gasteiger charge is 2.25. The number of amides is 1. The lowest BCUT2D eigenvalue weighted by Gasteiger charge is -2.29. The Morgan fingerprint density at radius 1 is 1.24 bits per heavy atom. The number of nitrogens with zero attached hydrogens (tertiary/aromatic N) is 2. The summed E-state index contributed by atoms with van der Waals surface area (Å²) in [4.78, 5) is 14.1. The molecular weight excluding hydrogens is 342 g/mol. The molecule has 1 aromatic carbocycles. The molecule has 1 aliphatic rings. The maximum Gasteiger partial charge on any atom is 0.243 e. The third-order valence-electron chi connectivity index (χ3n) is 3.94. The van der Waals surface area contributed by atoms with Gasteiger partial charge in [0, 0.05) is 33.2 Å². The molecule has 1 N–H and O–H groups in total. The molecular formula is C17H27N3O4S. The van der Waals surface area contributed by atoms with Gasteiger partial charge in [-0.1, -0.05) is 13.8 Å². The summed E-state index contributed by atoms with van der Waals surface area (Å²) in [5.41, 5.74) is 0. The normalized spacial score (nSPS) is 15.6. The van der Waals surface area contributed by atoms with E-state index in [4.69, 9.17) is 4.74 Å². The molecule has 8 heteroatoms. The van der Waals surface area contributed by atoms with Gasteiger partial charge in [-0.25, -0.2) is 8.42 Å². The number of sulfonamides is 1. The van der Waals surface area contributed by atoms with Crippen LogP contribution in [0.5, 0.6) is 5.75 Å². The zero-order chi connectivity index (χ0) is 18.4. The number of likely N-dealkylation sites (N-methyl/N-ethyl adjacent to an activating group) is 1. The summed E-state index contributed by atoms with van der Waals surface area (Å²) < 4.78 is 31.9. The Morgan fingerprint density at radius 3 is 2.40 bits per heavy atom. The molecule has 1 amide bonds. The number of ether oxygens (including phenoxy) is 1. The van der Waals surface area contributed by atoms with Crippen LogP contribution < -0.4 is 10.1 Å². The van der Waals surface area contributed by atoms with E-state index in [0.717, 1.165) is 17.4 Å². The molecule has 0 saturated carbocycles. The highest BCUT2D eigenvalue weighted by molar-refractivity contribution is 7.89. The second-order valence-corrected chi connectivity index (χ2v) is 8.61. The lowest BCUT2D eigenvalue weighted by molar-refractivity contribution is -0.131. The van der Waals surface area contributed by atoms with E-state index in [9.17, 15) is 13.2 Å². The predicted molar refractivity (Wildman–Crippen MR) is 96.0 cm³/mol. The highest BCUT2D eigenvalue weighted by Crippen LogP contribution is 2.19. The van der Waals surface area contributed by atoms with Crippen molar-refractivity contribution in [1.29, 1.82) is 0 Å². The Bertz CT molecular complexity index is 668. The molecule has 0 radical (unpaired) electrons. The van der Waals surface area contributed by atoms with Gasteiger partial charge in [0.2, 0.25) is 15.9 Å². The standard InChI is InChI=1S/C17H27N3O4S/c1-14(2)13-24-15-4-6-16(7-5-15)25(22,23)19(3)12-17(21)20-10-8-18-9-11-20/h4-7,14,18H,8-13H2,1-3H3. The Balaban J connectivity index is 2.00. The van der Waals surface area contributed by atoms with Crippen LogP contribution in [0.25, 0.3) is 0 Å². The van der Waals surface area contributed by atoms with Crippen molar-refractivity contribution in [2.24, 2.45) is 5.92 Å². The molecule has 0 bridgehead atoms. The fourth-order valence-corrected chi connectivity index (χ4v) is 3.56. The van der Waals surface area contributed by atoms with Crippen LogP contribution in [0.1, 0.15) is 13.8 Å². The number of rotatable bonds is 7. The average molecular weight is 369 g/mol. The van der Waals surface area contributed by atoms with E-state index < -0.39 is 10.0 Å². The first kappa shape index (κ1) is 19.7. The van der Waals surface area contributed by atoms with Crippen molar-refractivity contribution < 1.29 is 17.9 Å². The Morgan fingerprint density at radius 2 is 1.84 bits per heavy atom. The molecule has 0 spiro atoms. The maximum atomic E-state index is 12.6. The minimum atomic E-state index is -3.71. The average Bonchev–Trinajstić information content (AvgIpc) is 2.61. The summed E-state index contributed by atoms with van der Waals surface area (Å²) >= 11 is 0. The molecule has 1 aliphatic heterocycles. The Kier molecular flexibility index (Phi) is 6.80. The fourth-order valence-electron chi connectivity index (χ4n) is 2.44. The van der Waals surface area contributed by atoms with Gasteiger partial charge in [-0.2, -0.15) is 4.31 Å². The van der Waals surface area contributed by atoms with Gasteiger partial charge in [-0.05, 0) is 30.2 Å². The number of piperazine rings is 1. The lowest BCUT2D eigenvalue weighted by Crippen LogP contribution is -2.49. The Hall–Kier alpha value is -1.64. The van der Waals surface area contributed by atoms with Crippen LogP contribution in [0.3, 0.4) is 0 Å². The molecule has 0 aromatic heterocycles. The number of carbonyl (C=O) groups is 1. The van der Waals surface area contributed by atoms with Crippen LogP contribution in [0.2, 0.25) is 0 Å². The van der Waals surface area contributed by atoms with Crippen LogP contribution in [-0.4, -0.2) is 69.9 Å². The Labute approximate surface area is 150 Å². The van der Waals surface area contributed by atoms with E-state index >= 15 is 0 Å². The summed E-state index contributed by atoms with van der Waals surface area (Å²) in [7, 11) is -2.28. The lowest BCUT2D eigenvalue weighted by atomic mass is 10.2. The van der Waals surface area contributed by atoms with E-state index in [1.54, 1.807) is 17.0 Å². The van der Waals surface area contributed by atoms with Crippen molar-refractivity contribution in [1.82, 2.24) is 14.5 Å². The van der Waals surface area contributed by atoms with Gasteiger partial charge in [-0.3, -0.25) is 4.79 Å². The minimum Gasteiger partial charge on any atom is -0.493 e. The SMILES string of the molecule is CC(C)COc1ccc(S(=O)(=O)N(C)CC(=O)N2CCNCC2)cc1. The summed E-state index contributed by atoms with van der Waals surface area (Å²) in [5, 5.41) is 3.16. The van der Waals surface area contributed by atoms with Crippen molar-refractivity contribution in [2.75, 3.05) is 46.4 Å². The molecule has 0 aliphatic carbocycles. The molecule has 1 heterocycles. The topological polar surface area (TPSA) is 79.0 Å². The molecule has 7 nitrogen and oxygen atoms in total. The molecule has 1 saturated heterocycles. The molecule has 1 aromatic rings. The van der Waals surface area contributed by atoms with Crippen molar-refractivity contribution in [3.8, 4) is 5.75 Å². The second-order valence-electron chi connectivity index (χ2n) is 6.57. The van der Waals surface area contributed by atoms with Gasteiger partial charge in [0.25, 0.3) is 0 Å². The van der Waals surface area contributed by atoms with Crippen molar-refractivity contribution >= 4 is 15.9 Å². The van der Waals surface area contributed by atoms with Crippen molar-refractivity contribution in [3.05, 3.63) is 24.3 Å². The first-order chi connectivity index (χ1) is 11.8. The van der Waals surface area contributed by atoms with Crippen LogP contribution >= 0.6 is 0 Å². The number of carbonyl (C=O) groups excluding carboxylic acids is 1. The largest absolute Gasteiger partial charge is 0.493 e. The first-order valence-corrected chi connectivity index (χ1v) is 9.92. The van der Waals surface area contributed by atoms with Gasteiger partial charge in [0.1, 0.15) is 5.75 Å². The summed E-state index contributed by atoms with van der Waals surface area (Å²) in [5.74, 6) is 0.849. The van der Waals surface area contributed by atoms with Crippen LogP contribution in [-0.2, 0) is 14.8 Å². The molecule has 0 atom stereocenters. The van der Waals surface area contributed by atoms with E-state index in [2.05, 4.69) is 5.32 Å². The quantitative estimate of drug-likeness (QED) is 0.768. The zero-order valence-corrected chi connectivity index (χ0v) is 15.9. The van der Waals surface area contributed by atoms with Gasteiger partial charge < -0.3 is 15.0 Å². The van der Waals surface area contributed by atoms with Gasteiger partial charge in [0.05, 0.1) is 18.0 Å². The molecule has 1 fully saturated rings. The van der Waals surface area contributed by atoms with Gasteiger partial charge in [-0.15, -0.1) is 0 Å². The fraction of sp³-hybridized carbons (Fsp3) is 0.588. The summed E-state index contributed by atoms with van der Waals surface area (Å²) in [6, 6.07) is 6.30. The smallest absolute Gasteiger partial charge is 0.243 e. The van der Waals surface area contributed by atoms with Crippen LogP contribution in [0.15, 0.2) is 29.2 Å². The van der Waals surface area contributed by atoms with Crippen LogP contribution in [0, 0.1) is 5.92 Å². The number of benzene rings is 1. The third kappa shape index (κ3) is 5.42. The number of nitrogens with one attached hydrogen (secondary N) is 1. The zero-order valence-electron chi connectivity index (χ0n) is 15.1. The predicted octanol–water partition coefficient (Wildman–Crippen LogP) is 0.774. The second kappa shape index (κ2) is 8.64. The summed E-state index contributed by atoms with van der Waals surface area (Å²) in [6.07, 6.45) is 0. The van der Waals surface area contributed by atoms with E-state index in [0.29, 0.717) is 31.4 Å². The van der Waals surface area contributed by atoms with Gasteiger partial charge >= 0.3 is 0 Å². The number of hydrogen-bond acceptors (Lipinski definition) is 5. The molecule has 140 valence electrons. The maximum absolute atomic E-state index is 12.6. The van der Waals surface area contributed by atoms with Gasteiger partial charge in [0.15, 0.2) is 0 Å². The molecule has 25 heavy (non-hydrogen) atoms.